The van der Waals surface area contributed by atoms with Gasteiger partial charge in [-0.2, -0.15) is 0 Å². The summed E-state index contributed by atoms with van der Waals surface area (Å²) in [6, 6.07) is 4.37. The molecule has 0 heterocycles. The number of sulfonamides is 1. The summed E-state index contributed by atoms with van der Waals surface area (Å²) in [5.74, 6) is 0.375. The minimum Gasteiger partial charge on any atom is -0.260 e. The molecule has 1 aromatic carbocycles. The monoisotopic (exact) mass is 373 g/mol. The molecule has 1 aromatic rings. The zero-order valence-corrected chi connectivity index (χ0v) is 14.7. The van der Waals surface area contributed by atoms with Gasteiger partial charge in [-0.25, -0.2) is 21.6 Å². The van der Waals surface area contributed by atoms with Crippen LogP contribution in [0.15, 0.2) is 34.1 Å². The third-order valence-electron chi connectivity index (χ3n) is 2.59. The average molecular weight is 374 g/mol. The maximum absolute atomic E-state index is 12.1. The highest BCUT2D eigenvalue weighted by Gasteiger charge is 2.20. The van der Waals surface area contributed by atoms with Gasteiger partial charge < -0.3 is 0 Å². The molecule has 1 N–H and O–H groups in total. The molecule has 6 nitrogen and oxygen atoms in total. The fourth-order valence-electron chi connectivity index (χ4n) is 1.53. The molecule has 0 radical (unpaired) electrons. The van der Waals surface area contributed by atoms with Gasteiger partial charge in [0.15, 0.2) is 0 Å². The van der Waals surface area contributed by atoms with E-state index in [9.17, 15) is 21.0 Å². The van der Waals surface area contributed by atoms with Crippen LogP contribution in [-0.4, -0.2) is 39.1 Å². The lowest BCUT2D eigenvalue weighted by atomic mass is 10.3. The van der Waals surface area contributed by atoms with Crippen molar-refractivity contribution in [3.63, 3.8) is 0 Å². The Morgan fingerprint density at radius 2 is 1.81 bits per heavy atom. The summed E-state index contributed by atoms with van der Waals surface area (Å²) in [7, 11) is -3.67. The summed E-state index contributed by atoms with van der Waals surface area (Å²) in [6.45, 7) is 1.65. The van der Waals surface area contributed by atoms with Crippen LogP contribution < -0.4 is 4.72 Å². The van der Waals surface area contributed by atoms with Gasteiger partial charge in [0.1, 0.15) is 0 Å². The molecule has 0 fully saturated rings. The standard InChI is InChI=1S/C11H16ClNO5S3/c1-9(6-7-19(2)14)13-21(17,18)11-5-3-4-10(8-11)20(12,15)16/h3-5,8-9,13H,6-7H2,1-2H3. The van der Waals surface area contributed by atoms with E-state index in [4.69, 9.17) is 10.7 Å². The third kappa shape index (κ3) is 6.03. The number of benzene rings is 1. The zero-order valence-electron chi connectivity index (χ0n) is 11.4. The van der Waals surface area contributed by atoms with Gasteiger partial charge in [0.05, 0.1) is 9.79 Å². The van der Waals surface area contributed by atoms with Crippen molar-refractivity contribution in [2.45, 2.75) is 29.2 Å². The van der Waals surface area contributed by atoms with Crippen LogP contribution in [0, 0.1) is 0 Å². The predicted octanol–water partition coefficient (Wildman–Crippen LogP) is 1.05. The minimum absolute atomic E-state index is 0.186. The van der Waals surface area contributed by atoms with E-state index in [2.05, 4.69) is 4.72 Å². The smallest absolute Gasteiger partial charge is 0.260 e. The lowest BCUT2D eigenvalue weighted by molar-refractivity contribution is 0.555. The first kappa shape index (κ1) is 18.6. The Hall–Kier alpha value is -0.480. The molecule has 0 aromatic heterocycles. The maximum Gasteiger partial charge on any atom is 0.261 e. The summed E-state index contributed by atoms with van der Waals surface area (Å²) >= 11 is 0. The summed E-state index contributed by atoms with van der Waals surface area (Å²) in [6.07, 6.45) is 1.95. The third-order valence-corrected chi connectivity index (χ3v) is 6.34. The van der Waals surface area contributed by atoms with Crippen LogP contribution in [0.5, 0.6) is 0 Å². The molecule has 0 saturated heterocycles. The molecular weight excluding hydrogens is 358 g/mol. The number of halogens is 1. The summed E-state index contributed by atoms with van der Waals surface area (Å²) in [5, 5.41) is 0. The second kappa shape index (κ2) is 7.19. The fourth-order valence-corrected chi connectivity index (χ4v) is 4.41. The summed E-state index contributed by atoms with van der Waals surface area (Å²) in [4.78, 5) is -0.469. The van der Waals surface area contributed by atoms with Crippen molar-refractivity contribution < 1.29 is 21.0 Å². The number of nitrogens with one attached hydrogen (secondary N) is 1. The van der Waals surface area contributed by atoms with Crippen LogP contribution in [0.25, 0.3) is 0 Å². The molecular formula is C11H16ClNO5S3. The van der Waals surface area contributed by atoms with Gasteiger partial charge in [-0.3, -0.25) is 4.21 Å². The molecule has 0 aliphatic heterocycles. The van der Waals surface area contributed by atoms with Crippen molar-refractivity contribution in [2.24, 2.45) is 0 Å². The van der Waals surface area contributed by atoms with E-state index in [1.165, 1.54) is 24.5 Å². The molecule has 0 spiro atoms. The van der Waals surface area contributed by atoms with Gasteiger partial charge in [0.25, 0.3) is 9.05 Å². The minimum atomic E-state index is -4.00. The maximum atomic E-state index is 12.1. The quantitative estimate of drug-likeness (QED) is 0.720. The summed E-state index contributed by atoms with van der Waals surface area (Å²) < 4.78 is 60.1. The second-order valence-corrected chi connectivity index (χ2v) is 10.3. The highest BCUT2D eigenvalue weighted by Crippen LogP contribution is 2.19. The molecule has 0 aliphatic rings. The topological polar surface area (TPSA) is 97.4 Å². The Kier molecular flexibility index (Phi) is 6.36. The van der Waals surface area contributed by atoms with Crippen molar-refractivity contribution in [2.75, 3.05) is 12.0 Å². The van der Waals surface area contributed by atoms with Crippen molar-refractivity contribution in [1.29, 1.82) is 0 Å². The Balaban J connectivity index is 2.96. The van der Waals surface area contributed by atoms with E-state index in [-0.39, 0.29) is 9.79 Å². The van der Waals surface area contributed by atoms with Gasteiger partial charge in [-0.15, -0.1) is 0 Å². The van der Waals surface area contributed by atoms with Crippen molar-refractivity contribution >= 4 is 40.6 Å². The first-order valence-corrected chi connectivity index (χ1v) is 11.4. The highest BCUT2D eigenvalue weighted by atomic mass is 35.7. The zero-order chi connectivity index (χ0) is 16.3. The van der Waals surface area contributed by atoms with Crippen molar-refractivity contribution in [3.05, 3.63) is 24.3 Å². The highest BCUT2D eigenvalue weighted by molar-refractivity contribution is 8.13. The lowest BCUT2D eigenvalue weighted by Gasteiger charge is -2.13. The molecule has 0 aliphatic carbocycles. The molecule has 2 atom stereocenters. The van der Waals surface area contributed by atoms with Crippen LogP contribution >= 0.6 is 10.7 Å². The van der Waals surface area contributed by atoms with Gasteiger partial charge in [-0.1, -0.05) is 6.07 Å². The Morgan fingerprint density at radius 3 is 2.33 bits per heavy atom. The van der Waals surface area contributed by atoms with E-state index in [1.807, 2.05) is 0 Å². The molecule has 1 rings (SSSR count). The van der Waals surface area contributed by atoms with E-state index in [0.29, 0.717) is 12.2 Å². The fraction of sp³-hybridized carbons (Fsp3) is 0.455. The van der Waals surface area contributed by atoms with Crippen molar-refractivity contribution in [1.82, 2.24) is 4.72 Å². The van der Waals surface area contributed by atoms with E-state index in [0.717, 1.165) is 6.07 Å². The Labute approximate surface area is 131 Å². The molecule has 0 saturated carbocycles. The van der Waals surface area contributed by atoms with E-state index >= 15 is 0 Å². The van der Waals surface area contributed by atoms with Crippen LogP contribution in [0.3, 0.4) is 0 Å². The SMILES string of the molecule is CC(CCS(C)=O)NS(=O)(=O)c1cccc(S(=O)(=O)Cl)c1. The molecule has 21 heavy (non-hydrogen) atoms. The molecule has 10 heteroatoms. The lowest BCUT2D eigenvalue weighted by Crippen LogP contribution is -2.33. The van der Waals surface area contributed by atoms with Gasteiger partial charge in [-0.05, 0) is 31.5 Å². The van der Waals surface area contributed by atoms with Crippen LogP contribution in [-0.2, 0) is 29.9 Å². The first-order valence-electron chi connectivity index (χ1n) is 5.89. The number of hydrogen-bond acceptors (Lipinski definition) is 5. The van der Waals surface area contributed by atoms with Gasteiger partial charge in [0.2, 0.25) is 10.0 Å². The number of rotatable bonds is 7. The first-order chi connectivity index (χ1) is 9.52. The molecule has 120 valence electrons. The molecule has 0 amide bonds. The van der Waals surface area contributed by atoms with Gasteiger partial charge >= 0.3 is 0 Å². The van der Waals surface area contributed by atoms with Crippen molar-refractivity contribution in [3.8, 4) is 0 Å². The molecule has 0 bridgehead atoms. The Morgan fingerprint density at radius 1 is 1.24 bits per heavy atom. The predicted molar refractivity (Wildman–Crippen MR) is 82.8 cm³/mol. The Bertz CT molecular complexity index is 730. The molecule has 2 unspecified atom stereocenters. The van der Waals surface area contributed by atoms with Crippen LogP contribution in [0.1, 0.15) is 13.3 Å². The van der Waals surface area contributed by atoms with Gasteiger partial charge in [0, 0.05) is 39.5 Å². The van der Waals surface area contributed by atoms with E-state index < -0.39 is 35.9 Å². The second-order valence-electron chi connectivity index (χ2n) is 4.50. The number of hydrogen-bond donors (Lipinski definition) is 1. The van der Waals surface area contributed by atoms with Crippen LogP contribution in [0.4, 0.5) is 0 Å². The summed E-state index contributed by atoms with van der Waals surface area (Å²) in [5.41, 5.74) is 0. The van der Waals surface area contributed by atoms with E-state index in [1.54, 1.807) is 6.92 Å². The average Bonchev–Trinajstić information content (AvgIpc) is 2.35. The largest absolute Gasteiger partial charge is 0.261 e. The normalized spacial score (nSPS) is 15.6. The van der Waals surface area contributed by atoms with Crippen LogP contribution in [0.2, 0.25) is 0 Å².